The molecule has 0 saturated carbocycles. The third-order valence-corrected chi connectivity index (χ3v) is 4.53. The molecule has 23 heavy (non-hydrogen) atoms. The molecule has 1 aliphatic heterocycles. The van der Waals surface area contributed by atoms with E-state index < -0.39 is 10.0 Å². The molecule has 0 aliphatic carbocycles. The number of sulfonamides is 1. The summed E-state index contributed by atoms with van der Waals surface area (Å²) in [4.78, 5) is 14.5. The van der Waals surface area contributed by atoms with Gasteiger partial charge < -0.3 is 10.6 Å². The maximum Gasteiger partial charge on any atom is 0.255 e. The molecule has 0 spiro atoms. The highest BCUT2D eigenvalue weighted by Crippen LogP contribution is 2.23. The molecular formula is C15H24ClN3O3S. The smallest absolute Gasteiger partial charge is 0.255 e. The molecule has 1 aliphatic rings. The topological polar surface area (TPSA) is 92.5 Å². The number of carbonyl (C=O) groups is 1. The maximum absolute atomic E-state index is 12.7. The lowest BCUT2D eigenvalue weighted by Crippen LogP contribution is -2.45. The lowest BCUT2D eigenvalue weighted by Gasteiger charge is -2.35. The quantitative estimate of drug-likeness (QED) is 0.853. The third-order valence-electron chi connectivity index (χ3n) is 3.94. The predicted octanol–water partition coefficient (Wildman–Crippen LogP) is 1.68. The Bertz CT molecular complexity index is 649. The van der Waals surface area contributed by atoms with Gasteiger partial charge in [0.15, 0.2) is 0 Å². The standard InChI is InChI=1S/C15H23N3O3S.ClH/c1-11(16)12-6-5-9-18(10-12)15(19)13-7-3-4-8-14(13)17-22(2,20)21;/h3-4,7-8,11-12,17H,5-6,9-10,16H2,1-2H3;1H. The van der Waals surface area contributed by atoms with Gasteiger partial charge in [-0.25, -0.2) is 8.42 Å². The van der Waals surface area contributed by atoms with Crippen LogP contribution in [-0.2, 0) is 10.0 Å². The van der Waals surface area contributed by atoms with Gasteiger partial charge in [0.25, 0.3) is 5.91 Å². The van der Waals surface area contributed by atoms with Crippen LogP contribution in [0.3, 0.4) is 0 Å². The molecule has 130 valence electrons. The van der Waals surface area contributed by atoms with E-state index in [4.69, 9.17) is 5.73 Å². The summed E-state index contributed by atoms with van der Waals surface area (Å²) in [7, 11) is -3.43. The Hall–Kier alpha value is -1.31. The average Bonchev–Trinajstić information content (AvgIpc) is 2.45. The number of anilines is 1. The Morgan fingerprint density at radius 2 is 2.04 bits per heavy atom. The van der Waals surface area contributed by atoms with Crippen molar-refractivity contribution in [2.24, 2.45) is 11.7 Å². The molecule has 1 aromatic rings. The molecule has 0 bridgehead atoms. The van der Waals surface area contributed by atoms with Crippen molar-refractivity contribution in [2.75, 3.05) is 24.1 Å². The SMILES string of the molecule is CC(N)C1CCCN(C(=O)c2ccccc2NS(C)(=O)=O)C1.Cl. The Kier molecular flexibility index (Phi) is 6.85. The van der Waals surface area contributed by atoms with E-state index in [1.807, 2.05) is 6.92 Å². The van der Waals surface area contributed by atoms with Crippen molar-refractivity contribution < 1.29 is 13.2 Å². The first-order valence-electron chi connectivity index (χ1n) is 7.39. The molecule has 0 aromatic heterocycles. The predicted molar refractivity (Wildman–Crippen MR) is 94.4 cm³/mol. The molecule has 1 aromatic carbocycles. The van der Waals surface area contributed by atoms with Crippen LogP contribution in [0.25, 0.3) is 0 Å². The summed E-state index contributed by atoms with van der Waals surface area (Å²) in [6.45, 7) is 3.25. The number of nitrogens with two attached hydrogens (primary N) is 1. The van der Waals surface area contributed by atoms with Crippen LogP contribution >= 0.6 is 12.4 Å². The number of hydrogen-bond acceptors (Lipinski definition) is 4. The van der Waals surface area contributed by atoms with E-state index in [1.54, 1.807) is 29.2 Å². The highest BCUT2D eigenvalue weighted by Gasteiger charge is 2.27. The van der Waals surface area contributed by atoms with Crippen molar-refractivity contribution >= 4 is 34.0 Å². The van der Waals surface area contributed by atoms with Gasteiger partial charge in [0.1, 0.15) is 0 Å². The number of hydrogen-bond donors (Lipinski definition) is 2. The summed E-state index contributed by atoms with van der Waals surface area (Å²) in [5.74, 6) is 0.129. The first-order chi connectivity index (χ1) is 10.3. The van der Waals surface area contributed by atoms with Gasteiger partial charge in [0.2, 0.25) is 10.0 Å². The number of piperidine rings is 1. The largest absolute Gasteiger partial charge is 0.338 e. The average molecular weight is 362 g/mol. The minimum atomic E-state index is -3.43. The first kappa shape index (κ1) is 19.7. The van der Waals surface area contributed by atoms with Gasteiger partial charge in [-0.2, -0.15) is 0 Å². The van der Waals surface area contributed by atoms with Gasteiger partial charge in [-0.1, -0.05) is 12.1 Å². The van der Waals surface area contributed by atoms with Crippen LogP contribution in [0.5, 0.6) is 0 Å². The second kappa shape index (κ2) is 7.99. The first-order valence-corrected chi connectivity index (χ1v) is 9.29. The van der Waals surface area contributed by atoms with E-state index in [9.17, 15) is 13.2 Å². The molecule has 2 atom stereocenters. The van der Waals surface area contributed by atoms with E-state index in [2.05, 4.69) is 4.72 Å². The zero-order valence-corrected chi connectivity index (χ0v) is 15.0. The van der Waals surface area contributed by atoms with Gasteiger partial charge in [0, 0.05) is 19.1 Å². The van der Waals surface area contributed by atoms with E-state index in [0.29, 0.717) is 24.3 Å². The van der Waals surface area contributed by atoms with Crippen LogP contribution in [0.4, 0.5) is 5.69 Å². The third kappa shape index (κ3) is 5.37. The number of rotatable bonds is 4. The van der Waals surface area contributed by atoms with E-state index in [-0.39, 0.29) is 30.3 Å². The molecule has 1 amide bonds. The molecule has 0 radical (unpaired) electrons. The molecule has 1 saturated heterocycles. The van der Waals surface area contributed by atoms with E-state index in [0.717, 1.165) is 19.1 Å². The fourth-order valence-electron chi connectivity index (χ4n) is 2.75. The Labute approximate surface area is 143 Å². The molecule has 1 fully saturated rings. The Morgan fingerprint density at radius 1 is 1.39 bits per heavy atom. The maximum atomic E-state index is 12.7. The van der Waals surface area contributed by atoms with Crippen molar-refractivity contribution in [1.29, 1.82) is 0 Å². The second-order valence-corrected chi connectivity index (χ2v) is 7.68. The molecule has 8 heteroatoms. The number of benzene rings is 1. The van der Waals surface area contributed by atoms with Crippen LogP contribution in [0.2, 0.25) is 0 Å². The number of likely N-dealkylation sites (tertiary alicyclic amines) is 1. The van der Waals surface area contributed by atoms with Crippen molar-refractivity contribution in [3.05, 3.63) is 29.8 Å². The summed E-state index contributed by atoms with van der Waals surface area (Å²) in [5.41, 5.74) is 6.64. The number of para-hydroxylation sites is 1. The molecule has 2 rings (SSSR count). The molecular weight excluding hydrogens is 338 g/mol. The summed E-state index contributed by atoms with van der Waals surface area (Å²) >= 11 is 0. The minimum absolute atomic E-state index is 0. The van der Waals surface area contributed by atoms with E-state index >= 15 is 0 Å². The molecule has 6 nitrogen and oxygen atoms in total. The zero-order valence-electron chi connectivity index (χ0n) is 13.4. The van der Waals surface area contributed by atoms with Crippen LogP contribution in [0.15, 0.2) is 24.3 Å². The fraction of sp³-hybridized carbons (Fsp3) is 0.533. The number of halogens is 1. The van der Waals surface area contributed by atoms with Crippen LogP contribution in [0, 0.1) is 5.92 Å². The summed E-state index contributed by atoms with van der Waals surface area (Å²) in [6, 6.07) is 6.71. The van der Waals surface area contributed by atoms with Crippen molar-refractivity contribution in [3.8, 4) is 0 Å². The lowest BCUT2D eigenvalue weighted by atomic mass is 9.92. The van der Waals surface area contributed by atoms with Crippen molar-refractivity contribution in [2.45, 2.75) is 25.8 Å². The normalized spacial score (nSPS) is 19.6. The second-order valence-electron chi connectivity index (χ2n) is 5.93. The van der Waals surface area contributed by atoms with Crippen LogP contribution < -0.4 is 10.5 Å². The number of carbonyl (C=O) groups excluding carboxylic acids is 1. The van der Waals surface area contributed by atoms with Crippen LogP contribution in [0.1, 0.15) is 30.1 Å². The monoisotopic (exact) mass is 361 g/mol. The van der Waals surface area contributed by atoms with Crippen molar-refractivity contribution in [3.63, 3.8) is 0 Å². The van der Waals surface area contributed by atoms with E-state index in [1.165, 1.54) is 0 Å². The summed E-state index contributed by atoms with van der Waals surface area (Å²) in [5, 5.41) is 0. The number of nitrogens with one attached hydrogen (secondary N) is 1. The lowest BCUT2D eigenvalue weighted by molar-refractivity contribution is 0.0662. The van der Waals surface area contributed by atoms with Gasteiger partial charge in [-0.05, 0) is 37.8 Å². The summed E-state index contributed by atoms with van der Waals surface area (Å²) < 4.78 is 25.3. The molecule has 2 unspecified atom stereocenters. The van der Waals surface area contributed by atoms with Gasteiger partial charge in [0.05, 0.1) is 17.5 Å². The highest BCUT2D eigenvalue weighted by atomic mass is 35.5. The fourth-order valence-corrected chi connectivity index (χ4v) is 3.33. The van der Waals surface area contributed by atoms with Crippen LogP contribution in [-0.4, -0.2) is 44.6 Å². The number of nitrogens with zero attached hydrogens (tertiary/aromatic N) is 1. The minimum Gasteiger partial charge on any atom is -0.338 e. The Balaban J connectivity index is 0.00000264. The Morgan fingerprint density at radius 3 is 2.65 bits per heavy atom. The summed E-state index contributed by atoms with van der Waals surface area (Å²) in [6.07, 6.45) is 3.01. The zero-order chi connectivity index (χ0) is 16.3. The van der Waals surface area contributed by atoms with Gasteiger partial charge in [-0.15, -0.1) is 12.4 Å². The molecule has 3 N–H and O–H groups in total. The van der Waals surface area contributed by atoms with Gasteiger partial charge in [-0.3, -0.25) is 9.52 Å². The number of amides is 1. The molecule has 1 heterocycles. The highest BCUT2D eigenvalue weighted by molar-refractivity contribution is 7.92. The van der Waals surface area contributed by atoms with Gasteiger partial charge >= 0.3 is 0 Å². The van der Waals surface area contributed by atoms with Crippen molar-refractivity contribution in [1.82, 2.24) is 4.90 Å².